The Labute approximate surface area is 126 Å². The van der Waals surface area contributed by atoms with Crippen molar-refractivity contribution in [2.45, 2.75) is 13.3 Å². The summed E-state index contributed by atoms with van der Waals surface area (Å²) in [6, 6.07) is 14.2. The Bertz CT molecular complexity index is 652. The number of fused-ring (bicyclic) bond motifs is 1. The number of halogens is 1. The van der Waals surface area contributed by atoms with Crippen LogP contribution in [-0.2, 0) is 11.2 Å². The van der Waals surface area contributed by atoms with Gasteiger partial charge in [0.2, 0.25) is 5.91 Å². The van der Waals surface area contributed by atoms with E-state index < -0.39 is 0 Å². The Kier molecular flexibility index (Phi) is 3.49. The number of nitrogens with zero attached hydrogens (tertiary/aromatic N) is 1. The summed E-state index contributed by atoms with van der Waals surface area (Å²) >= 11 is 3.49. The van der Waals surface area contributed by atoms with Crippen LogP contribution in [0.15, 0.2) is 46.9 Å². The van der Waals surface area contributed by atoms with Gasteiger partial charge in [-0.1, -0.05) is 35.0 Å². The number of hydrogen-bond acceptors (Lipinski definition) is 2. The van der Waals surface area contributed by atoms with Gasteiger partial charge in [0.15, 0.2) is 0 Å². The van der Waals surface area contributed by atoms with Gasteiger partial charge in [-0.05, 0) is 42.3 Å². The van der Waals surface area contributed by atoms with Crippen LogP contribution in [0.25, 0.3) is 0 Å². The number of nitrogens with one attached hydrogen (secondary N) is 1. The highest BCUT2D eigenvalue weighted by Gasteiger charge is 2.23. The third-order valence-electron chi connectivity index (χ3n) is 3.48. The fourth-order valence-corrected chi connectivity index (χ4v) is 2.74. The smallest absolute Gasteiger partial charge is 0.244 e. The number of carbonyl (C=O) groups is 1. The lowest BCUT2D eigenvalue weighted by Gasteiger charge is -2.31. The molecule has 0 fully saturated rings. The molecule has 3 nitrogen and oxygen atoms in total. The quantitative estimate of drug-likeness (QED) is 0.898. The maximum atomic E-state index is 11.9. The Morgan fingerprint density at radius 3 is 2.65 bits per heavy atom. The summed E-state index contributed by atoms with van der Waals surface area (Å²) in [5.74, 6) is 0.0133. The van der Waals surface area contributed by atoms with Crippen LogP contribution in [0.2, 0.25) is 0 Å². The first-order valence-electron chi connectivity index (χ1n) is 6.63. The van der Waals surface area contributed by atoms with Crippen molar-refractivity contribution < 1.29 is 4.79 Å². The fourth-order valence-electron chi connectivity index (χ4n) is 2.39. The van der Waals surface area contributed by atoms with Gasteiger partial charge < -0.3 is 10.2 Å². The molecule has 1 amide bonds. The predicted molar refractivity (Wildman–Crippen MR) is 85.6 cm³/mol. The van der Waals surface area contributed by atoms with Crippen molar-refractivity contribution in [3.63, 3.8) is 0 Å². The normalized spacial score (nSPS) is 13.9. The number of aryl methyl sites for hydroxylation is 1. The SMILES string of the molecule is CCc1ccc(N2CC(=O)Nc3ccc(Br)cc32)cc1. The Hall–Kier alpha value is -1.81. The van der Waals surface area contributed by atoms with E-state index in [1.54, 1.807) is 0 Å². The molecule has 0 spiro atoms. The van der Waals surface area contributed by atoms with E-state index in [4.69, 9.17) is 0 Å². The Morgan fingerprint density at radius 1 is 1.20 bits per heavy atom. The first-order valence-corrected chi connectivity index (χ1v) is 7.42. The molecule has 2 aromatic carbocycles. The third kappa shape index (κ3) is 2.43. The highest BCUT2D eigenvalue weighted by Crippen LogP contribution is 2.36. The van der Waals surface area contributed by atoms with Crippen LogP contribution in [0.1, 0.15) is 12.5 Å². The van der Waals surface area contributed by atoms with Crippen LogP contribution in [0.4, 0.5) is 17.1 Å². The van der Waals surface area contributed by atoms with Gasteiger partial charge in [-0.25, -0.2) is 0 Å². The number of carbonyl (C=O) groups excluding carboxylic acids is 1. The van der Waals surface area contributed by atoms with Gasteiger partial charge in [0.25, 0.3) is 0 Å². The van der Waals surface area contributed by atoms with Gasteiger partial charge in [0.05, 0.1) is 11.4 Å². The molecule has 0 radical (unpaired) electrons. The molecular weight excluding hydrogens is 316 g/mol. The Morgan fingerprint density at radius 2 is 1.95 bits per heavy atom. The van der Waals surface area contributed by atoms with E-state index in [0.717, 1.165) is 28.0 Å². The lowest BCUT2D eigenvalue weighted by atomic mass is 10.1. The zero-order chi connectivity index (χ0) is 14.1. The number of benzene rings is 2. The van der Waals surface area contributed by atoms with E-state index in [1.165, 1.54) is 5.56 Å². The molecule has 0 bridgehead atoms. The second kappa shape index (κ2) is 5.29. The zero-order valence-electron chi connectivity index (χ0n) is 11.2. The predicted octanol–water partition coefficient (Wildman–Crippen LogP) is 4.10. The summed E-state index contributed by atoms with van der Waals surface area (Å²) in [5, 5.41) is 2.91. The van der Waals surface area contributed by atoms with Crippen molar-refractivity contribution in [2.24, 2.45) is 0 Å². The number of hydrogen-bond donors (Lipinski definition) is 1. The number of amides is 1. The van der Waals surface area contributed by atoms with Crippen molar-refractivity contribution in [3.05, 3.63) is 52.5 Å². The summed E-state index contributed by atoms with van der Waals surface area (Å²) in [6.07, 6.45) is 1.02. The van der Waals surface area contributed by atoms with Crippen LogP contribution in [0.5, 0.6) is 0 Å². The van der Waals surface area contributed by atoms with Crippen molar-refractivity contribution in [1.82, 2.24) is 0 Å². The lowest BCUT2D eigenvalue weighted by Crippen LogP contribution is -2.35. The molecule has 0 aromatic heterocycles. The van der Waals surface area contributed by atoms with Crippen molar-refractivity contribution in [2.75, 3.05) is 16.8 Å². The summed E-state index contributed by atoms with van der Waals surface area (Å²) in [4.78, 5) is 13.9. The maximum absolute atomic E-state index is 11.9. The molecule has 2 aromatic rings. The molecule has 20 heavy (non-hydrogen) atoms. The topological polar surface area (TPSA) is 32.3 Å². The maximum Gasteiger partial charge on any atom is 0.244 e. The van der Waals surface area contributed by atoms with Gasteiger partial charge in [-0.15, -0.1) is 0 Å². The zero-order valence-corrected chi connectivity index (χ0v) is 12.8. The third-order valence-corrected chi connectivity index (χ3v) is 3.98. The van der Waals surface area contributed by atoms with Crippen LogP contribution in [-0.4, -0.2) is 12.5 Å². The van der Waals surface area contributed by atoms with E-state index in [-0.39, 0.29) is 5.91 Å². The largest absolute Gasteiger partial charge is 0.330 e. The summed E-state index contributed by atoms with van der Waals surface area (Å²) in [7, 11) is 0. The molecule has 1 aliphatic heterocycles. The summed E-state index contributed by atoms with van der Waals surface area (Å²) in [5.41, 5.74) is 4.20. The lowest BCUT2D eigenvalue weighted by molar-refractivity contribution is -0.115. The van der Waals surface area contributed by atoms with Crippen LogP contribution >= 0.6 is 15.9 Å². The van der Waals surface area contributed by atoms with Gasteiger partial charge in [-0.2, -0.15) is 0 Å². The molecule has 0 saturated heterocycles. The molecular formula is C16H15BrN2O. The van der Waals surface area contributed by atoms with E-state index in [9.17, 15) is 4.79 Å². The van der Waals surface area contributed by atoms with E-state index in [2.05, 4.69) is 52.4 Å². The van der Waals surface area contributed by atoms with E-state index >= 15 is 0 Å². The van der Waals surface area contributed by atoms with Crippen LogP contribution in [0, 0.1) is 0 Å². The van der Waals surface area contributed by atoms with E-state index in [0.29, 0.717) is 6.54 Å². The molecule has 1 heterocycles. The highest BCUT2D eigenvalue weighted by molar-refractivity contribution is 9.10. The first kappa shape index (κ1) is 13.2. The van der Waals surface area contributed by atoms with Crippen molar-refractivity contribution in [1.29, 1.82) is 0 Å². The average molecular weight is 331 g/mol. The number of anilines is 3. The average Bonchev–Trinajstić information content (AvgIpc) is 2.47. The van der Waals surface area contributed by atoms with Crippen molar-refractivity contribution in [3.8, 4) is 0 Å². The summed E-state index contributed by atoms with van der Waals surface area (Å²) < 4.78 is 1.00. The molecule has 0 saturated carbocycles. The Balaban J connectivity index is 2.04. The van der Waals surface area contributed by atoms with Crippen molar-refractivity contribution >= 4 is 38.9 Å². The van der Waals surface area contributed by atoms with E-state index in [1.807, 2.05) is 23.1 Å². The molecule has 4 heteroatoms. The summed E-state index contributed by atoms with van der Waals surface area (Å²) in [6.45, 7) is 2.48. The number of rotatable bonds is 2. The van der Waals surface area contributed by atoms with Crippen LogP contribution in [0.3, 0.4) is 0 Å². The second-order valence-corrected chi connectivity index (χ2v) is 5.73. The highest BCUT2D eigenvalue weighted by atomic mass is 79.9. The molecule has 1 N–H and O–H groups in total. The monoisotopic (exact) mass is 330 g/mol. The standard InChI is InChI=1S/C16H15BrN2O/c1-2-11-3-6-13(7-4-11)19-10-16(20)18-14-8-5-12(17)9-15(14)19/h3-9H,2,10H2,1H3,(H,18,20). The minimum atomic E-state index is 0.0133. The molecule has 3 rings (SSSR count). The van der Waals surface area contributed by atoms with Gasteiger partial charge >= 0.3 is 0 Å². The minimum absolute atomic E-state index is 0.0133. The molecule has 0 atom stereocenters. The van der Waals surface area contributed by atoms with Crippen LogP contribution < -0.4 is 10.2 Å². The van der Waals surface area contributed by atoms with Gasteiger partial charge in [0.1, 0.15) is 6.54 Å². The molecule has 0 unspecified atom stereocenters. The molecule has 102 valence electrons. The van der Waals surface area contributed by atoms with Gasteiger partial charge in [0, 0.05) is 10.2 Å². The first-order chi connectivity index (χ1) is 9.67. The fraction of sp³-hybridized carbons (Fsp3) is 0.188. The van der Waals surface area contributed by atoms with Gasteiger partial charge in [-0.3, -0.25) is 4.79 Å². The minimum Gasteiger partial charge on any atom is -0.330 e. The molecule has 1 aliphatic rings. The molecule has 0 aliphatic carbocycles. The second-order valence-electron chi connectivity index (χ2n) is 4.82.